The normalized spacial score (nSPS) is 9.62. The summed E-state index contributed by atoms with van der Waals surface area (Å²) >= 11 is 0. The molecule has 0 aliphatic rings. The first-order valence-electron chi connectivity index (χ1n) is 4.59. The van der Waals surface area contributed by atoms with Crippen molar-refractivity contribution in [1.82, 2.24) is 0 Å². The molecule has 76 valence electrons. The van der Waals surface area contributed by atoms with Crippen molar-refractivity contribution in [2.45, 2.75) is 26.2 Å². The van der Waals surface area contributed by atoms with Crippen LogP contribution in [0.5, 0.6) is 0 Å². The zero-order valence-electron chi connectivity index (χ0n) is 8.25. The van der Waals surface area contributed by atoms with Crippen LogP contribution in [0, 0.1) is 0 Å². The van der Waals surface area contributed by atoms with Crippen LogP contribution in [0.4, 0.5) is 0 Å². The van der Waals surface area contributed by atoms with Crippen LogP contribution < -0.4 is 0 Å². The molecule has 0 amide bonds. The van der Waals surface area contributed by atoms with Gasteiger partial charge in [-0.15, -0.1) is 6.58 Å². The Morgan fingerprint density at radius 1 is 1.31 bits per heavy atom. The SMILES string of the molecule is C=CCOCCCCCOC(C)=O. The maximum Gasteiger partial charge on any atom is 0.302 e. The first kappa shape index (κ1) is 12.2. The van der Waals surface area contributed by atoms with Crippen molar-refractivity contribution < 1.29 is 14.3 Å². The molecular weight excluding hydrogens is 168 g/mol. The highest BCUT2D eigenvalue weighted by molar-refractivity contribution is 5.65. The molecule has 0 aliphatic carbocycles. The van der Waals surface area contributed by atoms with E-state index in [-0.39, 0.29) is 5.97 Å². The summed E-state index contributed by atoms with van der Waals surface area (Å²) in [7, 11) is 0. The van der Waals surface area contributed by atoms with Crippen molar-refractivity contribution in [3.05, 3.63) is 12.7 Å². The van der Waals surface area contributed by atoms with Crippen LogP contribution >= 0.6 is 0 Å². The molecule has 0 fully saturated rings. The van der Waals surface area contributed by atoms with E-state index in [2.05, 4.69) is 6.58 Å². The standard InChI is InChI=1S/C10H18O3/c1-3-7-12-8-5-4-6-9-13-10(2)11/h3H,1,4-9H2,2H3. The summed E-state index contributed by atoms with van der Waals surface area (Å²) in [4.78, 5) is 10.4. The van der Waals surface area contributed by atoms with E-state index in [1.807, 2.05) is 0 Å². The van der Waals surface area contributed by atoms with Gasteiger partial charge in [0, 0.05) is 13.5 Å². The van der Waals surface area contributed by atoms with Crippen molar-refractivity contribution in [2.24, 2.45) is 0 Å². The minimum absolute atomic E-state index is 0.206. The van der Waals surface area contributed by atoms with Crippen LogP contribution in [0.15, 0.2) is 12.7 Å². The Morgan fingerprint density at radius 2 is 2.00 bits per heavy atom. The highest BCUT2D eigenvalue weighted by Crippen LogP contribution is 1.96. The number of unbranched alkanes of at least 4 members (excludes halogenated alkanes) is 2. The third kappa shape index (κ3) is 11.2. The molecule has 0 N–H and O–H groups in total. The van der Waals surface area contributed by atoms with E-state index in [1.165, 1.54) is 6.92 Å². The Balaban J connectivity index is 2.91. The van der Waals surface area contributed by atoms with E-state index >= 15 is 0 Å². The highest BCUT2D eigenvalue weighted by Gasteiger charge is 1.92. The van der Waals surface area contributed by atoms with Gasteiger partial charge in [0.25, 0.3) is 0 Å². The largest absolute Gasteiger partial charge is 0.466 e. The zero-order valence-corrected chi connectivity index (χ0v) is 8.25. The van der Waals surface area contributed by atoms with Gasteiger partial charge in [-0.2, -0.15) is 0 Å². The van der Waals surface area contributed by atoms with Gasteiger partial charge in [0.1, 0.15) is 0 Å². The maximum absolute atomic E-state index is 10.4. The fourth-order valence-corrected chi connectivity index (χ4v) is 0.866. The monoisotopic (exact) mass is 186 g/mol. The molecule has 0 radical (unpaired) electrons. The quantitative estimate of drug-likeness (QED) is 0.330. The maximum atomic E-state index is 10.4. The summed E-state index contributed by atoms with van der Waals surface area (Å²) in [5.41, 5.74) is 0. The third-order valence-corrected chi connectivity index (χ3v) is 1.47. The van der Waals surface area contributed by atoms with Gasteiger partial charge >= 0.3 is 5.97 Å². The van der Waals surface area contributed by atoms with Crippen LogP contribution in [0.25, 0.3) is 0 Å². The molecule has 3 nitrogen and oxygen atoms in total. The number of hydrogen-bond acceptors (Lipinski definition) is 3. The van der Waals surface area contributed by atoms with Gasteiger partial charge in [-0.05, 0) is 19.3 Å². The molecule has 0 heterocycles. The molecule has 0 aromatic carbocycles. The number of ether oxygens (including phenoxy) is 2. The summed E-state index contributed by atoms with van der Waals surface area (Å²) in [6.45, 7) is 6.86. The van der Waals surface area contributed by atoms with Gasteiger partial charge in [-0.25, -0.2) is 0 Å². The van der Waals surface area contributed by atoms with Crippen molar-refractivity contribution in [3.63, 3.8) is 0 Å². The van der Waals surface area contributed by atoms with E-state index in [0.717, 1.165) is 25.9 Å². The van der Waals surface area contributed by atoms with E-state index in [9.17, 15) is 4.79 Å². The Bertz CT molecular complexity index is 143. The predicted molar refractivity (Wildman–Crippen MR) is 51.5 cm³/mol. The van der Waals surface area contributed by atoms with E-state index in [1.54, 1.807) is 6.08 Å². The van der Waals surface area contributed by atoms with E-state index in [4.69, 9.17) is 9.47 Å². The number of esters is 1. The minimum Gasteiger partial charge on any atom is -0.466 e. The Hall–Kier alpha value is -0.830. The van der Waals surface area contributed by atoms with Crippen LogP contribution in [0.1, 0.15) is 26.2 Å². The second kappa shape index (κ2) is 9.26. The molecule has 0 rings (SSSR count). The van der Waals surface area contributed by atoms with Crippen molar-refractivity contribution in [3.8, 4) is 0 Å². The lowest BCUT2D eigenvalue weighted by Gasteiger charge is -2.02. The average Bonchev–Trinajstić information content (AvgIpc) is 2.09. The summed E-state index contributed by atoms with van der Waals surface area (Å²) in [5.74, 6) is -0.206. The van der Waals surface area contributed by atoms with Gasteiger partial charge in [-0.1, -0.05) is 6.08 Å². The lowest BCUT2D eigenvalue weighted by atomic mass is 10.2. The highest BCUT2D eigenvalue weighted by atomic mass is 16.5. The molecule has 0 atom stereocenters. The molecule has 0 saturated carbocycles. The van der Waals surface area contributed by atoms with Gasteiger partial charge in [-0.3, -0.25) is 4.79 Å². The fourth-order valence-electron chi connectivity index (χ4n) is 0.866. The molecule has 13 heavy (non-hydrogen) atoms. The molecule has 0 unspecified atom stereocenters. The molecule has 0 aromatic heterocycles. The first-order chi connectivity index (χ1) is 6.27. The molecule has 0 aromatic rings. The summed E-state index contributed by atoms with van der Waals surface area (Å²) in [5, 5.41) is 0. The van der Waals surface area contributed by atoms with Crippen molar-refractivity contribution >= 4 is 5.97 Å². The van der Waals surface area contributed by atoms with Crippen LogP contribution in [0.2, 0.25) is 0 Å². The second-order valence-electron chi connectivity index (χ2n) is 2.76. The molecule has 0 spiro atoms. The van der Waals surface area contributed by atoms with Gasteiger partial charge < -0.3 is 9.47 Å². The number of carbonyl (C=O) groups is 1. The average molecular weight is 186 g/mol. The molecule has 0 bridgehead atoms. The molecule has 3 heteroatoms. The van der Waals surface area contributed by atoms with E-state index < -0.39 is 0 Å². The topological polar surface area (TPSA) is 35.5 Å². The van der Waals surface area contributed by atoms with Crippen LogP contribution in [-0.4, -0.2) is 25.8 Å². The zero-order chi connectivity index (χ0) is 9.94. The second-order valence-corrected chi connectivity index (χ2v) is 2.76. The molecule has 0 aliphatic heterocycles. The van der Waals surface area contributed by atoms with E-state index in [0.29, 0.717) is 13.2 Å². The van der Waals surface area contributed by atoms with Gasteiger partial charge in [0.2, 0.25) is 0 Å². The third-order valence-electron chi connectivity index (χ3n) is 1.47. The Morgan fingerprint density at radius 3 is 2.62 bits per heavy atom. The number of rotatable bonds is 8. The number of carbonyl (C=O) groups excluding carboxylic acids is 1. The minimum atomic E-state index is -0.206. The van der Waals surface area contributed by atoms with Gasteiger partial charge in [0.15, 0.2) is 0 Å². The van der Waals surface area contributed by atoms with Crippen molar-refractivity contribution in [2.75, 3.05) is 19.8 Å². The number of hydrogen-bond donors (Lipinski definition) is 0. The van der Waals surface area contributed by atoms with Gasteiger partial charge in [0.05, 0.1) is 13.2 Å². The lowest BCUT2D eigenvalue weighted by molar-refractivity contribution is -0.141. The fraction of sp³-hybridized carbons (Fsp3) is 0.700. The Labute approximate surface area is 79.7 Å². The molecular formula is C10H18O3. The summed E-state index contributed by atoms with van der Waals surface area (Å²) in [6, 6.07) is 0. The lowest BCUT2D eigenvalue weighted by Crippen LogP contribution is -2.01. The summed E-state index contributed by atoms with van der Waals surface area (Å²) < 4.78 is 9.96. The smallest absolute Gasteiger partial charge is 0.302 e. The first-order valence-corrected chi connectivity index (χ1v) is 4.59. The predicted octanol–water partition coefficient (Wildman–Crippen LogP) is 1.92. The van der Waals surface area contributed by atoms with Crippen LogP contribution in [-0.2, 0) is 14.3 Å². The van der Waals surface area contributed by atoms with Crippen molar-refractivity contribution in [1.29, 1.82) is 0 Å². The Kier molecular flexibility index (Phi) is 8.67. The molecule has 0 saturated heterocycles. The summed E-state index contributed by atoms with van der Waals surface area (Å²) in [6.07, 6.45) is 4.69. The van der Waals surface area contributed by atoms with Crippen LogP contribution in [0.3, 0.4) is 0 Å².